The van der Waals surface area contributed by atoms with Gasteiger partial charge in [0.2, 0.25) is 0 Å². The van der Waals surface area contributed by atoms with Crippen LogP contribution in [0.2, 0.25) is 0 Å². The van der Waals surface area contributed by atoms with Crippen LogP contribution in [0.15, 0.2) is 35.3 Å². The summed E-state index contributed by atoms with van der Waals surface area (Å²) in [5, 5.41) is 7.09. The summed E-state index contributed by atoms with van der Waals surface area (Å²) < 4.78 is 12.0. The number of benzene rings is 1. The topological polar surface area (TPSA) is 54.9 Å². The van der Waals surface area contributed by atoms with Gasteiger partial charge >= 0.3 is 0 Å². The first kappa shape index (κ1) is 16.9. The van der Waals surface area contributed by atoms with Crippen molar-refractivity contribution in [2.45, 2.75) is 56.5 Å². The van der Waals surface area contributed by atoms with Crippen molar-refractivity contribution in [3.05, 3.63) is 35.9 Å². The van der Waals surface area contributed by atoms with Crippen molar-refractivity contribution in [1.82, 2.24) is 10.6 Å². The fourth-order valence-electron chi connectivity index (χ4n) is 4.45. The van der Waals surface area contributed by atoms with Crippen LogP contribution in [0.25, 0.3) is 0 Å². The molecule has 0 amide bonds. The molecule has 5 atom stereocenters. The normalized spacial score (nSPS) is 34.9. The van der Waals surface area contributed by atoms with Crippen LogP contribution in [0.1, 0.15) is 43.8 Å². The molecule has 3 heterocycles. The Morgan fingerprint density at radius 3 is 2.80 bits per heavy atom. The van der Waals surface area contributed by atoms with Crippen molar-refractivity contribution in [1.29, 1.82) is 0 Å². The standard InChI is InChI=1S/C20H29N3O2/c1-21-20(23-17-12-16-9-10-18(17)25-16)22-13-15-8-5-11-24-19(15)14-6-3-2-4-7-14/h2-4,6-7,15-19H,5,8-13H2,1H3,(H2,21,22,23). The van der Waals surface area contributed by atoms with Gasteiger partial charge in [-0.15, -0.1) is 0 Å². The van der Waals surface area contributed by atoms with Crippen LogP contribution in [-0.4, -0.2) is 44.4 Å². The summed E-state index contributed by atoms with van der Waals surface area (Å²) in [6, 6.07) is 11.0. The molecular formula is C20H29N3O2. The van der Waals surface area contributed by atoms with Gasteiger partial charge in [0, 0.05) is 26.1 Å². The summed E-state index contributed by atoms with van der Waals surface area (Å²) in [5.74, 6) is 1.35. The monoisotopic (exact) mass is 343 g/mol. The van der Waals surface area contributed by atoms with Gasteiger partial charge in [-0.3, -0.25) is 4.99 Å². The van der Waals surface area contributed by atoms with Gasteiger partial charge in [0.05, 0.1) is 24.4 Å². The van der Waals surface area contributed by atoms with Gasteiger partial charge in [0.1, 0.15) is 0 Å². The van der Waals surface area contributed by atoms with Crippen molar-refractivity contribution in [3.8, 4) is 0 Å². The zero-order chi connectivity index (χ0) is 17.1. The summed E-state index contributed by atoms with van der Waals surface area (Å²) in [6.07, 6.45) is 6.78. The third-order valence-electron chi connectivity index (χ3n) is 5.76. The summed E-state index contributed by atoms with van der Waals surface area (Å²) in [6.45, 7) is 1.73. The van der Waals surface area contributed by atoms with Gasteiger partial charge in [-0.25, -0.2) is 0 Å². The van der Waals surface area contributed by atoms with Gasteiger partial charge in [0.25, 0.3) is 0 Å². The number of hydrogen-bond donors (Lipinski definition) is 2. The number of guanidine groups is 1. The van der Waals surface area contributed by atoms with E-state index in [-0.39, 0.29) is 6.10 Å². The smallest absolute Gasteiger partial charge is 0.191 e. The molecule has 0 aliphatic carbocycles. The predicted molar refractivity (Wildman–Crippen MR) is 98.7 cm³/mol. The highest BCUT2D eigenvalue weighted by molar-refractivity contribution is 5.80. The SMILES string of the molecule is CN=C(NCC1CCCOC1c1ccccc1)NC1CC2CCC1O2. The van der Waals surface area contributed by atoms with E-state index < -0.39 is 0 Å². The van der Waals surface area contributed by atoms with E-state index in [1.54, 1.807) is 0 Å². The Morgan fingerprint density at radius 1 is 1.20 bits per heavy atom. The van der Waals surface area contributed by atoms with Crippen molar-refractivity contribution in [2.24, 2.45) is 10.9 Å². The summed E-state index contributed by atoms with van der Waals surface area (Å²) in [7, 11) is 1.84. The number of ether oxygens (including phenoxy) is 2. The second-order valence-corrected chi connectivity index (χ2v) is 7.42. The Hall–Kier alpha value is -1.59. The first-order valence-corrected chi connectivity index (χ1v) is 9.62. The summed E-state index contributed by atoms with van der Waals surface area (Å²) in [4.78, 5) is 4.42. The van der Waals surface area contributed by atoms with Gasteiger partial charge in [-0.1, -0.05) is 30.3 Å². The van der Waals surface area contributed by atoms with E-state index in [2.05, 4.69) is 46.0 Å². The molecule has 25 heavy (non-hydrogen) atoms. The molecule has 2 N–H and O–H groups in total. The highest BCUT2D eigenvalue weighted by Gasteiger charge is 2.41. The summed E-state index contributed by atoms with van der Waals surface area (Å²) in [5.41, 5.74) is 1.28. The lowest BCUT2D eigenvalue weighted by Crippen LogP contribution is -2.49. The lowest BCUT2D eigenvalue weighted by molar-refractivity contribution is -0.0265. The van der Waals surface area contributed by atoms with Gasteiger partial charge in [0.15, 0.2) is 5.96 Å². The number of nitrogens with zero attached hydrogens (tertiary/aromatic N) is 1. The van der Waals surface area contributed by atoms with E-state index in [0.29, 0.717) is 24.2 Å². The van der Waals surface area contributed by atoms with E-state index in [1.165, 1.54) is 24.8 Å². The number of nitrogens with one attached hydrogen (secondary N) is 2. The molecule has 136 valence electrons. The molecule has 5 nitrogen and oxygen atoms in total. The largest absolute Gasteiger partial charge is 0.373 e. The third kappa shape index (κ3) is 3.82. The number of rotatable bonds is 4. The number of aliphatic imine (C=N–C) groups is 1. The Morgan fingerprint density at radius 2 is 2.08 bits per heavy atom. The Bertz CT molecular complexity index is 592. The molecule has 0 aromatic heterocycles. The van der Waals surface area contributed by atoms with Crippen molar-refractivity contribution in [3.63, 3.8) is 0 Å². The minimum Gasteiger partial charge on any atom is -0.373 e. The first-order chi connectivity index (χ1) is 12.3. The number of fused-ring (bicyclic) bond motifs is 2. The molecule has 2 bridgehead atoms. The number of hydrogen-bond acceptors (Lipinski definition) is 3. The molecular weight excluding hydrogens is 314 g/mol. The molecule has 0 radical (unpaired) electrons. The molecule has 1 aromatic carbocycles. The molecule has 3 aliphatic heterocycles. The minimum absolute atomic E-state index is 0.173. The highest BCUT2D eigenvalue weighted by Crippen LogP contribution is 2.35. The Kier molecular flexibility index (Phi) is 5.22. The molecule has 4 rings (SSSR count). The van der Waals surface area contributed by atoms with Gasteiger partial charge < -0.3 is 20.1 Å². The average Bonchev–Trinajstić information content (AvgIpc) is 3.29. The van der Waals surface area contributed by atoms with Crippen LogP contribution < -0.4 is 10.6 Å². The fourth-order valence-corrected chi connectivity index (χ4v) is 4.45. The second kappa shape index (κ2) is 7.75. The maximum atomic E-state index is 6.10. The summed E-state index contributed by atoms with van der Waals surface area (Å²) >= 11 is 0. The molecule has 3 saturated heterocycles. The van der Waals surface area contributed by atoms with Crippen LogP contribution in [0.4, 0.5) is 0 Å². The van der Waals surface area contributed by atoms with Crippen molar-refractivity contribution < 1.29 is 9.47 Å². The molecule has 0 spiro atoms. The molecule has 3 aliphatic rings. The predicted octanol–water partition coefficient (Wildman–Crippen LogP) is 2.64. The lowest BCUT2D eigenvalue weighted by atomic mass is 9.89. The van der Waals surface area contributed by atoms with Crippen LogP contribution in [0.3, 0.4) is 0 Å². The van der Waals surface area contributed by atoms with E-state index in [1.807, 2.05) is 7.05 Å². The Balaban J connectivity index is 1.33. The van der Waals surface area contributed by atoms with Crippen LogP contribution in [-0.2, 0) is 9.47 Å². The molecule has 3 fully saturated rings. The Labute approximate surface area is 150 Å². The zero-order valence-corrected chi connectivity index (χ0v) is 15.0. The maximum absolute atomic E-state index is 6.10. The fraction of sp³-hybridized carbons (Fsp3) is 0.650. The van der Waals surface area contributed by atoms with Crippen LogP contribution >= 0.6 is 0 Å². The molecule has 0 saturated carbocycles. The first-order valence-electron chi connectivity index (χ1n) is 9.62. The molecule has 5 heteroatoms. The van der Waals surface area contributed by atoms with Crippen molar-refractivity contribution >= 4 is 5.96 Å². The zero-order valence-electron chi connectivity index (χ0n) is 15.0. The van der Waals surface area contributed by atoms with Crippen molar-refractivity contribution in [2.75, 3.05) is 20.2 Å². The van der Waals surface area contributed by atoms with E-state index in [4.69, 9.17) is 9.47 Å². The molecule has 5 unspecified atom stereocenters. The quantitative estimate of drug-likeness (QED) is 0.652. The van der Waals surface area contributed by atoms with Gasteiger partial charge in [-0.2, -0.15) is 0 Å². The van der Waals surface area contributed by atoms with E-state index in [0.717, 1.165) is 32.0 Å². The lowest BCUT2D eigenvalue weighted by Gasteiger charge is -2.33. The molecule has 1 aromatic rings. The van der Waals surface area contributed by atoms with E-state index in [9.17, 15) is 0 Å². The van der Waals surface area contributed by atoms with Crippen LogP contribution in [0, 0.1) is 5.92 Å². The van der Waals surface area contributed by atoms with Gasteiger partial charge in [-0.05, 0) is 37.7 Å². The highest BCUT2D eigenvalue weighted by atomic mass is 16.5. The van der Waals surface area contributed by atoms with E-state index >= 15 is 0 Å². The third-order valence-corrected chi connectivity index (χ3v) is 5.76. The maximum Gasteiger partial charge on any atom is 0.191 e. The minimum atomic E-state index is 0.173. The van der Waals surface area contributed by atoms with Crippen LogP contribution in [0.5, 0.6) is 0 Å². The second-order valence-electron chi connectivity index (χ2n) is 7.42. The average molecular weight is 343 g/mol.